The third-order valence-electron chi connectivity index (χ3n) is 4.51. The molecular formula is C20H22N4O4S. The van der Waals surface area contributed by atoms with Gasteiger partial charge in [0, 0.05) is 19.7 Å². The van der Waals surface area contributed by atoms with Gasteiger partial charge in [0.05, 0.1) is 11.3 Å². The Balaban J connectivity index is 1.68. The van der Waals surface area contributed by atoms with Gasteiger partial charge in [0.25, 0.3) is 5.91 Å². The molecule has 0 bridgehead atoms. The molecule has 8 nitrogen and oxygen atoms in total. The predicted molar refractivity (Wildman–Crippen MR) is 108 cm³/mol. The van der Waals surface area contributed by atoms with Crippen LogP contribution in [0.5, 0.6) is 0 Å². The molecule has 3 rings (SSSR count). The molecule has 0 saturated carbocycles. The fraction of sp³-hybridized carbons (Fsp3) is 0.250. The molecule has 0 fully saturated rings. The molecular weight excluding hydrogens is 392 g/mol. The molecule has 0 aliphatic heterocycles. The van der Waals surface area contributed by atoms with Crippen LogP contribution in [0.3, 0.4) is 0 Å². The van der Waals surface area contributed by atoms with Crippen molar-refractivity contribution in [2.45, 2.75) is 25.2 Å². The molecule has 0 atom stereocenters. The molecule has 2 aromatic carbocycles. The van der Waals surface area contributed by atoms with Gasteiger partial charge in [0.15, 0.2) is 0 Å². The fourth-order valence-corrected chi connectivity index (χ4v) is 3.52. The maximum Gasteiger partial charge on any atom is 0.322 e. The second kappa shape index (κ2) is 8.14. The summed E-state index contributed by atoms with van der Waals surface area (Å²) in [5, 5.41) is 10.3. The molecule has 0 saturated heterocycles. The molecule has 0 unspecified atom stereocenters. The Morgan fingerprint density at radius 2 is 1.72 bits per heavy atom. The van der Waals surface area contributed by atoms with Gasteiger partial charge in [-0.1, -0.05) is 23.3 Å². The highest BCUT2D eigenvalue weighted by Gasteiger charge is 2.18. The summed E-state index contributed by atoms with van der Waals surface area (Å²) in [5.74, 6) is -0.0869. The van der Waals surface area contributed by atoms with Crippen molar-refractivity contribution in [3.63, 3.8) is 0 Å². The molecule has 1 heterocycles. The highest BCUT2D eigenvalue weighted by Crippen LogP contribution is 2.17. The minimum absolute atomic E-state index is 0.0150. The van der Waals surface area contributed by atoms with E-state index < -0.39 is 15.9 Å². The van der Waals surface area contributed by atoms with E-state index in [0.717, 1.165) is 9.87 Å². The number of hydrogen-bond donors (Lipinski definition) is 1. The normalized spacial score (nSPS) is 11.6. The molecule has 1 aromatic heterocycles. The second-order valence-corrected chi connectivity index (χ2v) is 9.01. The summed E-state index contributed by atoms with van der Waals surface area (Å²) in [6, 6.07) is 11.7. The van der Waals surface area contributed by atoms with Gasteiger partial charge in [0.1, 0.15) is 0 Å². The number of rotatable bonds is 6. The first-order chi connectivity index (χ1) is 13.7. The Morgan fingerprint density at radius 3 is 2.34 bits per heavy atom. The van der Waals surface area contributed by atoms with Gasteiger partial charge in [-0.15, -0.1) is 5.10 Å². The van der Waals surface area contributed by atoms with Crippen molar-refractivity contribution in [1.29, 1.82) is 0 Å². The summed E-state index contributed by atoms with van der Waals surface area (Å²) < 4.78 is 30.8. The van der Waals surface area contributed by atoms with Crippen molar-refractivity contribution in [2.75, 3.05) is 19.4 Å². The highest BCUT2D eigenvalue weighted by molar-refractivity contribution is 7.89. The average molecular weight is 414 g/mol. The maximum atomic E-state index is 12.4. The third-order valence-corrected chi connectivity index (χ3v) is 6.34. The number of aryl methyl sites for hydroxylation is 2. The summed E-state index contributed by atoms with van der Waals surface area (Å²) in [6.45, 7) is 4.08. The zero-order chi connectivity index (χ0) is 21.2. The second-order valence-electron chi connectivity index (χ2n) is 6.86. The van der Waals surface area contributed by atoms with Gasteiger partial charge < -0.3 is 4.42 Å². The Labute approximate surface area is 169 Å². The van der Waals surface area contributed by atoms with E-state index in [4.69, 9.17) is 4.42 Å². The van der Waals surface area contributed by atoms with Crippen molar-refractivity contribution < 1.29 is 17.6 Å². The largest absolute Gasteiger partial charge is 0.407 e. The molecule has 152 valence electrons. The molecule has 0 radical (unpaired) electrons. The van der Waals surface area contributed by atoms with E-state index in [1.54, 1.807) is 0 Å². The van der Waals surface area contributed by atoms with E-state index >= 15 is 0 Å². The summed E-state index contributed by atoms with van der Waals surface area (Å²) >= 11 is 0. The number of anilines is 1. The minimum atomic E-state index is -3.55. The molecule has 9 heteroatoms. The van der Waals surface area contributed by atoms with Crippen LogP contribution in [0.25, 0.3) is 0 Å². The van der Waals surface area contributed by atoms with Crippen molar-refractivity contribution >= 4 is 21.9 Å². The number of sulfonamides is 1. The lowest BCUT2D eigenvalue weighted by atomic mass is 10.0. The first-order valence-electron chi connectivity index (χ1n) is 8.89. The van der Waals surface area contributed by atoms with E-state index in [-0.39, 0.29) is 16.5 Å². The maximum absolute atomic E-state index is 12.4. The van der Waals surface area contributed by atoms with Gasteiger partial charge in [-0.25, -0.2) is 12.7 Å². The van der Waals surface area contributed by atoms with Crippen molar-refractivity contribution in [1.82, 2.24) is 14.5 Å². The van der Waals surface area contributed by atoms with Crippen LogP contribution in [0.4, 0.5) is 6.01 Å². The van der Waals surface area contributed by atoms with Crippen LogP contribution >= 0.6 is 0 Å². The third kappa shape index (κ3) is 4.69. The van der Waals surface area contributed by atoms with Gasteiger partial charge >= 0.3 is 6.01 Å². The monoisotopic (exact) mass is 414 g/mol. The van der Waals surface area contributed by atoms with Crippen LogP contribution in [0.2, 0.25) is 0 Å². The highest BCUT2D eigenvalue weighted by atomic mass is 32.2. The number of aromatic nitrogens is 2. The van der Waals surface area contributed by atoms with E-state index in [1.165, 1.54) is 49.5 Å². The van der Waals surface area contributed by atoms with Gasteiger partial charge in [-0.05, 0) is 54.8 Å². The van der Waals surface area contributed by atoms with Crippen molar-refractivity contribution in [3.8, 4) is 0 Å². The molecule has 1 amide bonds. The van der Waals surface area contributed by atoms with Gasteiger partial charge in [0.2, 0.25) is 15.9 Å². The molecule has 3 aromatic rings. The first-order valence-corrected chi connectivity index (χ1v) is 10.3. The van der Waals surface area contributed by atoms with E-state index in [0.29, 0.717) is 12.3 Å². The topological polar surface area (TPSA) is 105 Å². The fourth-order valence-electron chi connectivity index (χ4n) is 2.62. The zero-order valence-corrected chi connectivity index (χ0v) is 17.4. The lowest BCUT2D eigenvalue weighted by Gasteiger charge is -2.11. The summed E-state index contributed by atoms with van der Waals surface area (Å²) in [7, 11) is -0.659. The Morgan fingerprint density at radius 1 is 1.03 bits per heavy atom. The Kier molecular flexibility index (Phi) is 5.81. The number of hydrogen-bond acceptors (Lipinski definition) is 6. The first kappa shape index (κ1) is 20.7. The minimum Gasteiger partial charge on any atom is -0.407 e. The van der Waals surface area contributed by atoms with Crippen molar-refractivity contribution in [2.24, 2.45) is 0 Å². The standard InChI is InChI=1S/C20H22N4O4S/c1-13-5-6-15(11-14(13)2)12-18-22-23-20(28-18)21-19(25)16-7-9-17(10-8-16)29(26,27)24(3)4/h5-11H,12H2,1-4H3,(H,21,23,25). The van der Waals surface area contributed by atoms with Gasteiger partial charge in [-0.3, -0.25) is 10.1 Å². The van der Waals surface area contributed by atoms with Crippen LogP contribution in [0.15, 0.2) is 51.8 Å². The number of nitrogens with zero attached hydrogens (tertiary/aromatic N) is 3. The predicted octanol–water partition coefficient (Wildman–Crippen LogP) is 2.78. The van der Waals surface area contributed by atoms with Crippen LogP contribution in [0, 0.1) is 13.8 Å². The Bertz CT molecular complexity index is 1140. The molecule has 1 N–H and O–H groups in total. The molecule has 29 heavy (non-hydrogen) atoms. The molecule has 0 spiro atoms. The summed E-state index contributed by atoms with van der Waals surface area (Å²) in [4.78, 5) is 12.5. The van der Waals surface area contributed by atoms with Crippen molar-refractivity contribution in [3.05, 3.63) is 70.6 Å². The summed E-state index contributed by atoms with van der Waals surface area (Å²) in [6.07, 6.45) is 0.459. The lowest BCUT2D eigenvalue weighted by Crippen LogP contribution is -2.22. The van der Waals surface area contributed by atoms with Crippen LogP contribution in [0.1, 0.15) is 32.9 Å². The van der Waals surface area contributed by atoms with Crippen LogP contribution < -0.4 is 5.32 Å². The van der Waals surface area contributed by atoms with E-state index in [2.05, 4.69) is 21.6 Å². The van der Waals surface area contributed by atoms with Gasteiger partial charge in [-0.2, -0.15) is 0 Å². The van der Waals surface area contributed by atoms with Crippen LogP contribution in [-0.2, 0) is 16.4 Å². The number of nitrogens with one attached hydrogen (secondary N) is 1. The number of benzene rings is 2. The molecule has 0 aliphatic rings. The Hall–Kier alpha value is -3.04. The smallest absolute Gasteiger partial charge is 0.322 e. The number of carbonyl (C=O) groups is 1. The lowest BCUT2D eigenvalue weighted by molar-refractivity contribution is 0.102. The quantitative estimate of drug-likeness (QED) is 0.665. The number of amides is 1. The number of carbonyl (C=O) groups excluding carboxylic acids is 1. The summed E-state index contributed by atoms with van der Waals surface area (Å²) in [5.41, 5.74) is 3.69. The zero-order valence-electron chi connectivity index (χ0n) is 16.6. The van der Waals surface area contributed by atoms with Crippen LogP contribution in [-0.4, -0.2) is 42.9 Å². The van der Waals surface area contributed by atoms with E-state index in [9.17, 15) is 13.2 Å². The SMILES string of the molecule is Cc1ccc(Cc2nnc(NC(=O)c3ccc(S(=O)(=O)N(C)C)cc3)o2)cc1C. The molecule has 0 aliphatic carbocycles. The average Bonchev–Trinajstić information content (AvgIpc) is 3.11. The van der Waals surface area contributed by atoms with E-state index in [1.807, 2.05) is 26.0 Å².